The second-order valence-corrected chi connectivity index (χ2v) is 3.39. The quantitative estimate of drug-likeness (QED) is 0.282. The summed E-state index contributed by atoms with van der Waals surface area (Å²) in [5.41, 5.74) is -3.23. The van der Waals surface area contributed by atoms with E-state index in [2.05, 4.69) is 23.2 Å². The van der Waals surface area contributed by atoms with Crippen LogP contribution >= 0.6 is 23.2 Å². The van der Waals surface area contributed by atoms with Gasteiger partial charge in [-0.2, -0.15) is 48.3 Å². The number of rotatable bonds is 0. The average Bonchev–Trinajstić information content (AvgIpc) is 2.26. The maximum atomic E-state index is 10.8. The van der Waals surface area contributed by atoms with Gasteiger partial charge in [0.15, 0.2) is 6.67 Å². The number of alkyl halides is 17. The number of hydrogen-bond donors (Lipinski definition) is 0. The van der Waals surface area contributed by atoms with E-state index in [0.717, 1.165) is 0 Å². The first-order valence-corrected chi connectivity index (χ1v) is 5.30. The molecule has 0 saturated carbocycles. The highest BCUT2D eigenvalue weighted by Crippen LogP contribution is 2.25. The van der Waals surface area contributed by atoms with Gasteiger partial charge in [0.25, 0.3) is 5.63 Å². The summed E-state index contributed by atoms with van der Waals surface area (Å²) in [6.07, 6.45) is -19.1. The van der Waals surface area contributed by atoms with E-state index < -0.39 is 43.1 Å². The van der Waals surface area contributed by atoms with Gasteiger partial charge in [-0.05, 0) is 0 Å². The molecular formula is C7H5Cl2F15. The molecule has 0 aromatic heterocycles. The molecule has 0 amide bonds. The molecule has 17 heteroatoms. The van der Waals surface area contributed by atoms with Gasteiger partial charge < -0.3 is 0 Å². The minimum absolute atomic E-state index is 2.23. The van der Waals surface area contributed by atoms with Gasteiger partial charge in [-0.15, -0.1) is 0 Å². The number of halogens is 17. The molecule has 0 saturated heterocycles. The van der Waals surface area contributed by atoms with E-state index in [1.165, 1.54) is 0 Å². The molecule has 0 heterocycles. The van der Waals surface area contributed by atoms with Gasteiger partial charge in [-0.3, -0.25) is 0 Å². The van der Waals surface area contributed by atoms with Crippen molar-refractivity contribution in [1.82, 2.24) is 0 Å². The van der Waals surface area contributed by atoms with Crippen LogP contribution in [-0.4, -0.2) is 43.1 Å². The highest BCUT2D eigenvalue weighted by molar-refractivity contribution is 6.20. The van der Waals surface area contributed by atoms with Crippen molar-refractivity contribution in [3.63, 3.8) is 0 Å². The summed E-state index contributed by atoms with van der Waals surface area (Å²) in [4.78, 5) is 0. The predicted octanol–water partition coefficient (Wildman–Crippen LogP) is 6.86. The third kappa shape index (κ3) is 43.0. The van der Waals surface area contributed by atoms with Crippen molar-refractivity contribution in [3.05, 3.63) is 0 Å². The monoisotopic (exact) mass is 444 g/mol. The average molecular weight is 445 g/mol. The standard InChI is InChI=1S/C2HClF4.C2HF5.C2H2F4.CHClF2/c2*3-1(4)2(5,6)7;3-1-2(4,5)6;2-1(3)4/h2*1H;1H2;1H. The van der Waals surface area contributed by atoms with Crippen molar-refractivity contribution in [2.45, 2.75) is 36.5 Å². The third-order valence-electron chi connectivity index (χ3n) is 0.646. The Morgan fingerprint density at radius 3 is 0.750 bits per heavy atom. The molecule has 0 N–H and O–H groups in total. The van der Waals surface area contributed by atoms with Gasteiger partial charge in [-0.25, -0.2) is 17.6 Å². The maximum Gasteiger partial charge on any atom is 0.450 e. The van der Waals surface area contributed by atoms with Gasteiger partial charge >= 0.3 is 30.8 Å². The fourth-order valence-corrected chi connectivity index (χ4v) is 0. The molecule has 0 aliphatic rings. The molecule has 0 radical (unpaired) electrons. The van der Waals surface area contributed by atoms with Gasteiger partial charge in [0.1, 0.15) is 0 Å². The molecule has 24 heavy (non-hydrogen) atoms. The van der Waals surface area contributed by atoms with Crippen LogP contribution in [0.1, 0.15) is 0 Å². The first-order valence-electron chi connectivity index (χ1n) is 4.43. The summed E-state index contributed by atoms with van der Waals surface area (Å²) < 4.78 is 157. The molecule has 0 spiro atoms. The van der Waals surface area contributed by atoms with Crippen LogP contribution in [0.4, 0.5) is 65.9 Å². The first kappa shape index (κ1) is 31.3. The van der Waals surface area contributed by atoms with Crippen molar-refractivity contribution in [2.75, 3.05) is 6.67 Å². The predicted molar refractivity (Wildman–Crippen MR) is 52.8 cm³/mol. The van der Waals surface area contributed by atoms with E-state index in [4.69, 9.17) is 0 Å². The molecule has 1 atom stereocenters. The second-order valence-electron chi connectivity index (χ2n) is 2.68. The van der Waals surface area contributed by atoms with Crippen LogP contribution in [0.25, 0.3) is 0 Å². The normalized spacial score (nSPS) is 13.1. The molecule has 0 fully saturated rings. The van der Waals surface area contributed by atoms with E-state index >= 15 is 0 Å². The van der Waals surface area contributed by atoms with Crippen LogP contribution in [0.5, 0.6) is 0 Å². The molecule has 0 nitrogen and oxygen atoms in total. The summed E-state index contributed by atoms with van der Waals surface area (Å²) in [6, 6.07) is 0. The molecule has 0 bridgehead atoms. The fraction of sp³-hybridized carbons (Fsp3) is 1.00. The van der Waals surface area contributed by atoms with Crippen molar-refractivity contribution < 1.29 is 65.9 Å². The van der Waals surface area contributed by atoms with Gasteiger partial charge in [-0.1, -0.05) is 23.2 Å². The van der Waals surface area contributed by atoms with Crippen LogP contribution in [0.15, 0.2) is 0 Å². The fourth-order valence-electron chi connectivity index (χ4n) is 0. The Kier molecular flexibility index (Phi) is 18.0. The van der Waals surface area contributed by atoms with Crippen LogP contribution in [-0.2, 0) is 0 Å². The Labute approximate surface area is 133 Å². The highest BCUT2D eigenvalue weighted by Gasteiger charge is 2.40. The summed E-state index contributed by atoms with van der Waals surface area (Å²) >= 11 is 7.90. The van der Waals surface area contributed by atoms with Crippen molar-refractivity contribution in [2.24, 2.45) is 0 Å². The SMILES string of the molecule is FC(Cl)C(F)(F)F.FC(F)C(F)(F)F.FC(F)Cl.FCC(F)(F)F. The summed E-state index contributed by atoms with van der Waals surface area (Å²) in [5, 5.41) is 0. The van der Waals surface area contributed by atoms with E-state index in [9.17, 15) is 65.9 Å². The largest absolute Gasteiger partial charge is 0.450 e. The first-order chi connectivity index (χ1) is 10.2. The lowest BCUT2D eigenvalue weighted by Gasteiger charge is -2.01. The minimum atomic E-state index is -5.33. The Morgan fingerprint density at radius 2 is 0.750 bits per heavy atom. The van der Waals surface area contributed by atoms with Crippen LogP contribution < -0.4 is 0 Å². The summed E-state index contributed by atoms with van der Waals surface area (Å²) in [7, 11) is 0. The molecule has 0 aromatic carbocycles. The Balaban J connectivity index is -0.000000113. The second kappa shape index (κ2) is 13.8. The number of hydrogen-bond acceptors (Lipinski definition) is 0. The highest BCUT2D eigenvalue weighted by atomic mass is 35.5. The topological polar surface area (TPSA) is 0 Å². The lowest BCUT2D eigenvalue weighted by atomic mass is 10.7. The molecule has 0 aliphatic carbocycles. The smallest absolute Gasteiger partial charge is 0.241 e. The summed E-state index contributed by atoms with van der Waals surface area (Å²) in [5.74, 6) is -2.69. The van der Waals surface area contributed by atoms with Crippen molar-refractivity contribution in [3.8, 4) is 0 Å². The van der Waals surface area contributed by atoms with Gasteiger partial charge in [0.2, 0.25) is 0 Å². The Morgan fingerprint density at radius 1 is 0.625 bits per heavy atom. The zero-order valence-corrected chi connectivity index (χ0v) is 11.9. The lowest BCUT2D eigenvalue weighted by molar-refractivity contribution is -0.219. The van der Waals surface area contributed by atoms with Gasteiger partial charge in [0.05, 0.1) is 0 Å². The molecule has 0 aliphatic heterocycles. The third-order valence-corrected chi connectivity index (χ3v) is 0.894. The van der Waals surface area contributed by atoms with E-state index in [1.54, 1.807) is 0 Å². The Bertz CT molecular complexity index is 244. The van der Waals surface area contributed by atoms with E-state index in [-0.39, 0.29) is 0 Å². The molecule has 0 aromatic rings. The molecule has 1 unspecified atom stereocenters. The Hall–Kier alpha value is -0.470. The zero-order valence-electron chi connectivity index (χ0n) is 10.4. The van der Waals surface area contributed by atoms with Gasteiger partial charge in [0, 0.05) is 0 Å². The molecular weight excluding hydrogens is 440 g/mol. The van der Waals surface area contributed by atoms with E-state index in [1.807, 2.05) is 0 Å². The molecule has 0 rings (SSSR count). The molecule has 152 valence electrons. The lowest BCUT2D eigenvalue weighted by Crippen LogP contribution is -2.18. The van der Waals surface area contributed by atoms with Crippen LogP contribution in [0.2, 0.25) is 0 Å². The zero-order chi connectivity index (χ0) is 20.9. The van der Waals surface area contributed by atoms with Crippen molar-refractivity contribution in [1.29, 1.82) is 0 Å². The minimum Gasteiger partial charge on any atom is -0.241 e. The van der Waals surface area contributed by atoms with Crippen LogP contribution in [0, 0.1) is 0 Å². The van der Waals surface area contributed by atoms with Crippen molar-refractivity contribution >= 4 is 23.2 Å². The maximum absolute atomic E-state index is 10.8. The van der Waals surface area contributed by atoms with Crippen LogP contribution in [0.3, 0.4) is 0 Å². The van der Waals surface area contributed by atoms with E-state index in [0.29, 0.717) is 0 Å². The summed E-state index contributed by atoms with van der Waals surface area (Å²) in [6.45, 7) is -2.23.